The molecule has 20 heavy (non-hydrogen) atoms. The highest BCUT2D eigenvalue weighted by molar-refractivity contribution is 6.32. The van der Waals surface area contributed by atoms with Gasteiger partial charge < -0.3 is 10.6 Å². The molecule has 0 spiro atoms. The summed E-state index contributed by atoms with van der Waals surface area (Å²) in [5.41, 5.74) is 6.69. The summed E-state index contributed by atoms with van der Waals surface area (Å²) >= 11 is 6.17. The molecule has 1 aliphatic heterocycles. The smallest absolute Gasteiger partial charge is 0.253 e. The fraction of sp³-hybridized carbons (Fsp3) is 0.438. The van der Waals surface area contributed by atoms with E-state index in [0.29, 0.717) is 22.7 Å². The summed E-state index contributed by atoms with van der Waals surface area (Å²) < 4.78 is 0. The summed E-state index contributed by atoms with van der Waals surface area (Å²) in [5.74, 6) is 5.72. The number of hydrogen-bond donors (Lipinski definition) is 1. The Morgan fingerprint density at radius 1 is 1.25 bits per heavy atom. The zero-order chi connectivity index (χ0) is 14.4. The van der Waals surface area contributed by atoms with Crippen LogP contribution in [0.15, 0.2) is 18.2 Å². The molecular weight excluding hydrogens is 272 g/mol. The van der Waals surface area contributed by atoms with Gasteiger partial charge in [-0.05, 0) is 31.0 Å². The lowest BCUT2D eigenvalue weighted by Gasteiger charge is -2.20. The molecule has 1 aromatic rings. The van der Waals surface area contributed by atoms with Crippen LogP contribution in [-0.2, 0) is 0 Å². The first kappa shape index (κ1) is 14.9. The topological polar surface area (TPSA) is 46.3 Å². The van der Waals surface area contributed by atoms with Gasteiger partial charge in [-0.25, -0.2) is 0 Å². The van der Waals surface area contributed by atoms with E-state index in [1.807, 2.05) is 4.90 Å². The van der Waals surface area contributed by atoms with Gasteiger partial charge in [-0.1, -0.05) is 36.3 Å². The largest absolute Gasteiger partial charge is 0.339 e. The first-order valence-corrected chi connectivity index (χ1v) is 7.38. The van der Waals surface area contributed by atoms with Gasteiger partial charge in [0.05, 0.1) is 11.6 Å². The average Bonchev–Trinajstić information content (AvgIpc) is 2.74. The summed E-state index contributed by atoms with van der Waals surface area (Å²) in [7, 11) is 0. The van der Waals surface area contributed by atoms with E-state index in [1.54, 1.807) is 18.2 Å². The van der Waals surface area contributed by atoms with Crippen molar-refractivity contribution in [2.75, 3.05) is 19.6 Å². The van der Waals surface area contributed by atoms with Gasteiger partial charge in [0.25, 0.3) is 5.91 Å². The van der Waals surface area contributed by atoms with Gasteiger partial charge in [0.1, 0.15) is 0 Å². The normalized spacial score (nSPS) is 15.2. The average molecular weight is 291 g/mol. The van der Waals surface area contributed by atoms with Crippen molar-refractivity contribution in [3.8, 4) is 11.8 Å². The Morgan fingerprint density at radius 2 is 1.95 bits per heavy atom. The molecule has 106 valence electrons. The third kappa shape index (κ3) is 3.75. The van der Waals surface area contributed by atoms with Crippen LogP contribution in [0.1, 0.15) is 41.6 Å². The summed E-state index contributed by atoms with van der Waals surface area (Å²) in [4.78, 5) is 14.4. The molecule has 0 aliphatic carbocycles. The number of halogens is 1. The van der Waals surface area contributed by atoms with E-state index in [-0.39, 0.29) is 5.91 Å². The molecule has 0 bridgehead atoms. The Balaban J connectivity index is 2.15. The lowest BCUT2D eigenvalue weighted by molar-refractivity contribution is 0.0761. The molecule has 1 aromatic carbocycles. The molecule has 1 heterocycles. The first-order valence-electron chi connectivity index (χ1n) is 7.00. The van der Waals surface area contributed by atoms with E-state index >= 15 is 0 Å². The number of rotatable bonds is 1. The lowest BCUT2D eigenvalue weighted by atomic mass is 10.1. The zero-order valence-corrected chi connectivity index (χ0v) is 12.2. The second-order valence-corrected chi connectivity index (χ2v) is 5.31. The number of likely N-dealkylation sites (tertiary alicyclic amines) is 1. The quantitative estimate of drug-likeness (QED) is 0.808. The molecule has 0 aromatic heterocycles. The Kier molecular flexibility index (Phi) is 5.46. The Labute approximate surface area is 125 Å². The van der Waals surface area contributed by atoms with E-state index < -0.39 is 0 Å². The van der Waals surface area contributed by atoms with Crippen LogP contribution < -0.4 is 5.73 Å². The van der Waals surface area contributed by atoms with Crippen LogP contribution >= 0.6 is 11.6 Å². The lowest BCUT2D eigenvalue weighted by Crippen LogP contribution is -2.31. The Hall–Kier alpha value is -1.50. The fourth-order valence-electron chi connectivity index (χ4n) is 2.35. The number of benzene rings is 1. The molecule has 0 atom stereocenters. The van der Waals surface area contributed by atoms with Gasteiger partial charge >= 0.3 is 0 Å². The third-order valence-electron chi connectivity index (χ3n) is 3.43. The van der Waals surface area contributed by atoms with Gasteiger partial charge in [0, 0.05) is 24.2 Å². The fourth-order valence-corrected chi connectivity index (χ4v) is 2.58. The maximum Gasteiger partial charge on any atom is 0.253 e. The summed E-state index contributed by atoms with van der Waals surface area (Å²) in [6.45, 7) is 1.97. The highest BCUT2D eigenvalue weighted by Crippen LogP contribution is 2.19. The highest BCUT2D eigenvalue weighted by atomic mass is 35.5. The van der Waals surface area contributed by atoms with E-state index in [0.717, 1.165) is 25.9 Å². The SMILES string of the molecule is NCC#Cc1ccc(C(=O)N2CCCCCC2)cc1Cl. The third-order valence-corrected chi connectivity index (χ3v) is 3.75. The molecule has 4 heteroatoms. The van der Waals surface area contributed by atoms with Crippen molar-refractivity contribution in [2.45, 2.75) is 25.7 Å². The summed E-state index contributed by atoms with van der Waals surface area (Å²) in [6, 6.07) is 5.28. The monoisotopic (exact) mass is 290 g/mol. The summed E-state index contributed by atoms with van der Waals surface area (Å²) in [6.07, 6.45) is 4.58. The first-order chi connectivity index (χ1) is 9.72. The molecule has 2 N–H and O–H groups in total. The van der Waals surface area contributed by atoms with Crippen molar-refractivity contribution < 1.29 is 4.79 Å². The van der Waals surface area contributed by atoms with Crippen LogP contribution in [0.5, 0.6) is 0 Å². The molecule has 0 saturated carbocycles. The number of amides is 1. The van der Waals surface area contributed by atoms with Gasteiger partial charge in [-0.15, -0.1) is 0 Å². The second-order valence-electron chi connectivity index (χ2n) is 4.91. The highest BCUT2D eigenvalue weighted by Gasteiger charge is 2.17. The van der Waals surface area contributed by atoms with E-state index in [2.05, 4.69) is 11.8 Å². The van der Waals surface area contributed by atoms with Crippen molar-refractivity contribution in [1.29, 1.82) is 0 Å². The Bertz CT molecular complexity index is 537. The van der Waals surface area contributed by atoms with Crippen LogP contribution in [0.2, 0.25) is 5.02 Å². The van der Waals surface area contributed by atoms with E-state index in [4.69, 9.17) is 17.3 Å². The molecule has 3 nitrogen and oxygen atoms in total. The maximum absolute atomic E-state index is 12.4. The molecule has 1 saturated heterocycles. The van der Waals surface area contributed by atoms with Gasteiger partial charge in [0.2, 0.25) is 0 Å². The molecular formula is C16H19ClN2O. The van der Waals surface area contributed by atoms with Crippen LogP contribution in [0.3, 0.4) is 0 Å². The van der Waals surface area contributed by atoms with Gasteiger partial charge in [0.15, 0.2) is 0 Å². The van der Waals surface area contributed by atoms with Crippen LogP contribution in [0.4, 0.5) is 0 Å². The molecule has 0 unspecified atom stereocenters. The molecule has 2 rings (SSSR count). The molecule has 1 aliphatic rings. The predicted octanol–water partition coefficient (Wildman–Crippen LogP) is 2.67. The number of nitrogens with zero attached hydrogens (tertiary/aromatic N) is 1. The number of carbonyl (C=O) groups excluding carboxylic acids is 1. The number of carbonyl (C=O) groups is 1. The van der Waals surface area contributed by atoms with Crippen LogP contribution in [-0.4, -0.2) is 30.4 Å². The number of nitrogens with two attached hydrogens (primary N) is 1. The van der Waals surface area contributed by atoms with Crippen LogP contribution in [0, 0.1) is 11.8 Å². The second kappa shape index (κ2) is 7.33. The minimum Gasteiger partial charge on any atom is -0.339 e. The zero-order valence-electron chi connectivity index (χ0n) is 11.5. The molecule has 1 amide bonds. The summed E-state index contributed by atoms with van der Waals surface area (Å²) in [5, 5.41) is 0.506. The standard InChI is InChI=1S/C16H19ClN2O/c17-15-12-14(8-7-13(15)6-5-9-18)16(20)19-10-3-1-2-4-11-19/h7-8,12H,1-4,9-11,18H2. The number of hydrogen-bond acceptors (Lipinski definition) is 2. The Morgan fingerprint density at radius 3 is 2.55 bits per heavy atom. The molecule has 1 fully saturated rings. The van der Waals surface area contributed by atoms with Crippen molar-refractivity contribution in [2.24, 2.45) is 5.73 Å². The minimum atomic E-state index is 0.0622. The van der Waals surface area contributed by atoms with Crippen molar-refractivity contribution >= 4 is 17.5 Å². The maximum atomic E-state index is 12.4. The minimum absolute atomic E-state index is 0.0622. The van der Waals surface area contributed by atoms with E-state index in [9.17, 15) is 4.79 Å². The van der Waals surface area contributed by atoms with Gasteiger partial charge in [-0.2, -0.15) is 0 Å². The van der Waals surface area contributed by atoms with Crippen molar-refractivity contribution in [3.05, 3.63) is 34.3 Å². The van der Waals surface area contributed by atoms with Crippen molar-refractivity contribution in [3.63, 3.8) is 0 Å². The molecule has 0 radical (unpaired) electrons. The van der Waals surface area contributed by atoms with E-state index in [1.165, 1.54) is 12.8 Å². The van der Waals surface area contributed by atoms with Gasteiger partial charge in [-0.3, -0.25) is 4.79 Å². The predicted molar refractivity (Wildman–Crippen MR) is 81.8 cm³/mol. The van der Waals surface area contributed by atoms with Crippen LogP contribution in [0.25, 0.3) is 0 Å². The van der Waals surface area contributed by atoms with Crippen molar-refractivity contribution in [1.82, 2.24) is 4.90 Å².